The quantitative estimate of drug-likeness (QED) is 0.379. The predicted octanol–water partition coefficient (Wildman–Crippen LogP) is 5.18. The largest absolute Gasteiger partial charge is 0.493 e. The zero-order valence-corrected chi connectivity index (χ0v) is 18.8. The van der Waals surface area contributed by atoms with Crippen LogP contribution in [0.2, 0.25) is 0 Å². The summed E-state index contributed by atoms with van der Waals surface area (Å²) >= 11 is 0. The van der Waals surface area contributed by atoms with Crippen molar-refractivity contribution in [3.05, 3.63) is 101 Å². The molecule has 0 spiro atoms. The third-order valence-corrected chi connectivity index (χ3v) is 7.36. The molecule has 0 aliphatic carbocycles. The molecule has 2 atom stereocenters. The number of anilines is 1. The van der Waals surface area contributed by atoms with Gasteiger partial charge in [-0.2, -0.15) is 0 Å². The molecule has 0 radical (unpaired) electrons. The minimum absolute atomic E-state index is 0.0958. The topological polar surface area (TPSA) is 79.5 Å². The number of carbonyl (C=O) groups excluding carboxylic acids is 1. The predicted molar refractivity (Wildman–Crippen MR) is 135 cm³/mol. The van der Waals surface area contributed by atoms with Gasteiger partial charge in [-0.05, 0) is 29.3 Å². The van der Waals surface area contributed by atoms with E-state index in [1.165, 1.54) is 4.57 Å². The van der Waals surface area contributed by atoms with Crippen LogP contribution in [-0.2, 0) is 0 Å². The molecule has 0 saturated carbocycles. The molecular weight excluding hydrogens is 440 g/mol. The first-order valence-corrected chi connectivity index (χ1v) is 11.7. The summed E-state index contributed by atoms with van der Waals surface area (Å²) in [5.41, 5.74) is 1.62. The van der Waals surface area contributed by atoms with Crippen molar-refractivity contribution in [2.24, 2.45) is 0 Å². The number of nitrogens with zero attached hydrogens (tertiary/aromatic N) is 3. The molecular formula is C28H22N4O3. The second-order valence-electron chi connectivity index (χ2n) is 9.21. The van der Waals surface area contributed by atoms with Gasteiger partial charge in [0.15, 0.2) is 0 Å². The Kier molecular flexibility index (Phi) is 4.12. The minimum atomic E-state index is -0.362. The Bertz CT molecular complexity index is 1710. The normalized spacial score (nSPS) is 18.3. The van der Waals surface area contributed by atoms with Crippen LogP contribution in [0.25, 0.3) is 27.2 Å². The molecule has 1 saturated heterocycles. The number of rotatable bonds is 2. The fourth-order valence-corrected chi connectivity index (χ4v) is 5.81. The van der Waals surface area contributed by atoms with Crippen LogP contribution in [0.5, 0.6) is 5.88 Å². The first-order chi connectivity index (χ1) is 17.1. The lowest BCUT2D eigenvalue weighted by Gasteiger charge is -2.28. The number of aromatic hydroxyl groups is 1. The van der Waals surface area contributed by atoms with Crippen LogP contribution in [-0.4, -0.2) is 31.7 Å². The Morgan fingerprint density at radius 2 is 1.51 bits per heavy atom. The molecule has 1 unspecified atom stereocenters. The van der Waals surface area contributed by atoms with E-state index >= 15 is 0 Å². The number of benzene rings is 4. The molecule has 1 aromatic heterocycles. The van der Waals surface area contributed by atoms with E-state index in [1.54, 1.807) is 9.47 Å². The third kappa shape index (κ3) is 2.78. The molecule has 1 fully saturated rings. The van der Waals surface area contributed by atoms with Crippen LogP contribution in [0.15, 0.2) is 89.7 Å². The lowest BCUT2D eigenvalue weighted by atomic mass is 10.1. The average molecular weight is 463 g/mol. The number of hydrogen-bond acceptors (Lipinski definition) is 3. The molecule has 2 aliphatic heterocycles. The van der Waals surface area contributed by atoms with Crippen molar-refractivity contribution in [3.63, 3.8) is 0 Å². The molecule has 2 amide bonds. The average Bonchev–Trinajstić information content (AvgIpc) is 3.55. The Labute approximate surface area is 200 Å². The number of urea groups is 1. The van der Waals surface area contributed by atoms with E-state index in [0.717, 1.165) is 27.2 Å². The van der Waals surface area contributed by atoms with E-state index in [4.69, 9.17) is 0 Å². The van der Waals surface area contributed by atoms with Crippen LogP contribution >= 0.6 is 0 Å². The molecule has 5 aromatic rings. The van der Waals surface area contributed by atoms with Crippen molar-refractivity contribution in [2.45, 2.75) is 18.5 Å². The number of fused-ring (bicyclic) bond motifs is 7. The lowest BCUT2D eigenvalue weighted by molar-refractivity contribution is 0.198. The number of imidazole rings is 1. The summed E-state index contributed by atoms with van der Waals surface area (Å²) in [6.07, 6.45) is 0.622. The molecule has 35 heavy (non-hydrogen) atoms. The van der Waals surface area contributed by atoms with E-state index in [9.17, 15) is 14.7 Å². The summed E-state index contributed by atoms with van der Waals surface area (Å²) in [6, 6.07) is 26.4. The maximum absolute atomic E-state index is 13.5. The number of amides is 2. The molecule has 172 valence electrons. The molecule has 2 aliphatic rings. The maximum Gasteiger partial charge on any atom is 0.336 e. The highest BCUT2D eigenvalue weighted by molar-refractivity contribution is 6.01. The lowest BCUT2D eigenvalue weighted by Crippen LogP contribution is -2.40. The van der Waals surface area contributed by atoms with Crippen molar-refractivity contribution >= 4 is 33.3 Å². The fourth-order valence-electron chi connectivity index (χ4n) is 5.81. The summed E-state index contributed by atoms with van der Waals surface area (Å²) in [5.74, 6) is -0.0958. The number of aromatic nitrogens is 2. The molecule has 7 nitrogen and oxygen atoms in total. The fraction of sp³-hybridized carbons (Fsp3) is 0.143. The number of likely N-dealkylation sites (tertiary alicyclic amines) is 1. The van der Waals surface area contributed by atoms with Crippen molar-refractivity contribution < 1.29 is 9.90 Å². The number of hydrogen-bond donors (Lipinski definition) is 2. The van der Waals surface area contributed by atoms with Crippen molar-refractivity contribution in [1.82, 2.24) is 14.0 Å². The van der Waals surface area contributed by atoms with Gasteiger partial charge in [0, 0.05) is 17.3 Å². The smallest absolute Gasteiger partial charge is 0.336 e. The SMILES string of the molecule is O=C(Nc1cccc2ccccc12)N1C[C@H]2CC1c1c(O)n(-c3cccc4ccccc34)c(=O)n12. The number of carbonyl (C=O) groups is 1. The van der Waals surface area contributed by atoms with Crippen molar-refractivity contribution in [2.75, 3.05) is 11.9 Å². The van der Waals surface area contributed by atoms with Crippen molar-refractivity contribution in [1.29, 1.82) is 0 Å². The summed E-state index contributed by atoms with van der Waals surface area (Å²) in [4.78, 5) is 28.6. The van der Waals surface area contributed by atoms with Crippen LogP contribution in [0.3, 0.4) is 0 Å². The Morgan fingerprint density at radius 1 is 0.857 bits per heavy atom. The summed E-state index contributed by atoms with van der Waals surface area (Å²) in [6.45, 7) is 0.424. The zero-order chi connectivity index (χ0) is 23.7. The van der Waals surface area contributed by atoms with Gasteiger partial charge in [-0.15, -0.1) is 0 Å². The monoisotopic (exact) mass is 462 g/mol. The standard InChI is InChI=1S/C28H22N4O3/c33-26-25-24-15-19(16-30(24)27(34)29-22-13-5-9-17-7-1-3-11-20(17)22)31(25)28(35)32(26)23-14-6-10-18-8-2-4-12-21(18)23/h1-14,19,24,33H,15-16H2,(H,29,34)/t19-,24?/m1/s1. The molecule has 4 aromatic carbocycles. The molecule has 7 heteroatoms. The first kappa shape index (κ1) is 19.9. The summed E-state index contributed by atoms with van der Waals surface area (Å²) in [5, 5.41) is 18.2. The van der Waals surface area contributed by atoms with Gasteiger partial charge in [0.05, 0.1) is 23.5 Å². The minimum Gasteiger partial charge on any atom is -0.493 e. The second kappa shape index (κ2) is 7.24. The number of nitrogens with one attached hydrogen (secondary N) is 1. The molecule has 2 bridgehead atoms. The van der Waals surface area contributed by atoms with Gasteiger partial charge in [-0.3, -0.25) is 4.57 Å². The van der Waals surface area contributed by atoms with Crippen LogP contribution < -0.4 is 11.0 Å². The van der Waals surface area contributed by atoms with E-state index in [2.05, 4.69) is 5.32 Å². The van der Waals surface area contributed by atoms with Gasteiger partial charge in [-0.25, -0.2) is 14.2 Å². The van der Waals surface area contributed by atoms with Gasteiger partial charge in [0.1, 0.15) is 5.69 Å². The van der Waals surface area contributed by atoms with Crippen LogP contribution in [0.4, 0.5) is 10.5 Å². The Morgan fingerprint density at radius 3 is 2.31 bits per heavy atom. The zero-order valence-electron chi connectivity index (χ0n) is 18.8. The molecule has 3 heterocycles. The van der Waals surface area contributed by atoms with Gasteiger partial charge in [-0.1, -0.05) is 72.8 Å². The van der Waals surface area contributed by atoms with Crippen molar-refractivity contribution in [3.8, 4) is 11.6 Å². The Balaban J connectivity index is 1.27. The molecule has 2 N–H and O–H groups in total. The van der Waals surface area contributed by atoms with Gasteiger partial charge in [0.2, 0.25) is 5.88 Å². The highest BCUT2D eigenvalue weighted by Crippen LogP contribution is 2.49. The van der Waals surface area contributed by atoms with Gasteiger partial charge >= 0.3 is 11.7 Å². The van der Waals surface area contributed by atoms with Crippen LogP contribution in [0.1, 0.15) is 24.2 Å². The first-order valence-electron chi connectivity index (χ1n) is 11.7. The summed E-state index contributed by atoms with van der Waals surface area (Å²) in [7, 11) is 0. The Hall–Kier alpha value is -4.52. The summed E-state index contributed by atoms with van der Waals surface area (Å²) < 4.78 is 3.05. The van der Waals surface area contributed by atoms with Gasteiger partial charge in [0.25, 0.3) is 0 Å². The van der Waals surface area contributed by atoms with E-state index in [1.807, 2.05) is 84.9 Å². The highest BCUT2D eigenvalue weighted by Gasteiger charge is 2.49. The highest BCUT2D eigenvalue weighted by atomic mass is 16.3. The molecule has 7 rings (SSSR count). The van der Waals surface area contributed by atoms with E-state index < -0.39 is 0 Å². The van der Waals surface area contributed by atoms with Crippen LogP contribution in [0, 0.1) is 0 Å². The van der Waals surface area contributed by atoms with E-state index in [0.29, 0.717) is 24.3 Å². The second-order valence-corrected chi connectivity index (χ2v) is 9.21. The van der Waals surface area contributed by atoms with Gasteiger partial charge < -0.3 is 15.3 Å². The maximum atomic E-state index is 13.5. The third-order valence-electron chi connectivity index (χ3n) is 7.36. The van der Waals surface area contributed by atoms with E-state index in [-0.39, 0.29) is 29.7 Å².